The first kappa shape index (κ1) is 25.2. The van der Waals surface area contributed by atoms with Crippen LogP contribution in [0.4, 0.5) is 0 Å². The fraction of sp³-hybridized carbons (Fsp3) is 0.923. The van der Waals surface area contributed by atoms with Crippen LogP contribution in [0, 0.1) is 29.6 Å². The van der Waals surface area contributed by atoms with Crippen LogP contribution in [0.25, 0.3) is 0 Å². The molecule has 1 spiro atoms. The molecule has 1 aliphatic heterocycles. The zero-order valence-corrected chi connectivity index (χ0v) is 21.8. The average molecular weight is 451 g/mol. The van der Waals surface area contributed by atoms with Crippen LogP contribution in [0.5, 0.6) is 0 Å². The van der Waals surface area contributed by atoms with E-state index in [9.17, 15) is 5.11 Å². The smallest absolute Gasteiger partial charge is 0.193 e. The predicted octanol–water partition coefficient (Wildman–Crippen LogP) is 5.89. The highest BCUT2D eigenvalue weighted by Crippen LogP contribution is 2.59. The molecule has 31 heavy (non-hydrogen) atoms. The Bertz CT molecular complexity index is 638. The Kier molecular flexibility index (Phi) is 8.36. The lowest BCUT2D eigenvalue weighted by Gasteiger charge is -2.48. The number of ether oxygens (including phenoxy) is 2. The summed E-state index contributed by atoms with van der Waals surface area (Å²) >= 11 is 0. The third-order valence-corrected chi connectivity index (χ3v) is 12.7. The van der Waals surface area contributed by atoms with Gasteiger partial charge in [-0.3, -0.25) is 0 Å². The van der Waals surface area contributed by atoms with Gasteiger partial charge in [0.1, 0.15) is 6.10 Å². The molecule has 5 unspecified atom stereocenters. The van der Waals surface area contributed by atoms with Gasteiger partial charge in [-0.25, -0.2) is 0 Å². The number of unbranched alkanes of at least 4 members (excludes halogenated alkanes) is 5. The molecule has 0 amide bonds. The van der Waals surface area contributed by atoms with Crippen LogP contribution in [0.1, 0.15) is 85.5 Å². The van der Waals surface area contributed by atoms with E-state index in [2.05, 4.69) is 52.6 Å². The van der Waals surface area contributed by atoms with Crippen molar-refractivity contribution >= 4 is 8.32 Å². The molecule has 0 aromatic rings. The maximum Gasteiger partial charge on any atom is 0.193 e. The van der Waals surface area contributed by atoms with Crippen LogP contribution in [-0.2, 0) is 13.9 Å². The molecule has 2 saturated carbocycles. The third-order valence-electron chi connectivity index (χ3n) is 8.22. The number of aliphatic hydroxyl groups excluding tert-OH is 1. The Hall–Kier alpha value is -0.383. The van der Waals surface area contributed by atoms with Crippen LogP contribution in [0.3, 0.4) is 0 Å². The molecule has 0 aromatic heterocycles. The van der Waals surface area contributed by atoms with Crippen LogP contribution in [-0.4, -0.2) is 44.6 Å². The molecule has 1 saturated heterocycles. The van der Waals surface area contributed by atoms with Crippen molar-refractivity contribution in [2.24, 2.45) is 17.8 Å². The second-order valence-corrected chi connectivity index (χ2v) is 16.3. The van der Waals surface area contributed by atoms with Crippen LogP contribution < -0.4 is 0 Å². The first-order valence-corrected chi connectivity index (χ1v) is 15.7. The lowest BCUT2D eigenvalue weighted by atomic mass is 9.67. The Morgan fingerprint density at radius 1 is 1.10 bits per heavy atom. The highest BCUT2D eigenvalue weighted by molar-refractivity contribution is 6.74. The van der Waals surface area contributed by atoms with Gasteiger partial charge in [0.25, 0.3) is 0 Å². The van der Waals surface area contributed by atoms with E-state index in [-0.39, 0.29) is 23.2 Å². The number of aliphatic hydroxyl groups is 1. The molecule has 2 aliphatic carbocycles. The van der Waals surface area contributed by atoms with Crippen molar-refractivity contribution in [3.8, 4) is 11.8 Å². The normalized spacial score (nSPS) is 30.5. The van der Waals surface area contributed by atoms with E-state index in [0.29, 0.717) is 25.0 Å². The minimum Gasteiger partial charge on any atom is -0.403 e. The topological polar surface area (TPSA) is 47.9 Å². The van der Waals surface area contributed by atoms with Gasteiger partial charge in [-0.15, -0.1) is 0 Å². The molecule has 5 atom stereocenters. The molecule has 3 rings (SSSR count). The van der Waals surface area contributed by atoms with Crippen molar-refractivity contribution in [3.05, 3.63) is 0 Å². The minimum absolute atomic E-state index is 0.0219. The Labute approximate surface area is 191 Å². The first-order chi connectivity index (χ1) is 14.6. The summed E-state index contributed by atoms with van der Waals surface area (Å²) in [6.45, 7) is 15.1. The molecule has 0 radical (unpaired) electrons. The van der Waals surface area contributed by atoms with Gasteiger partial charge in [-0.05, 0) is 43.3 Å². The zero-order valence-electron chi connectivity index (χ0n) is 20.8. The van der Waals surface area contributed by atoms with E-state index >= 15 is 0 Å². The fourth-order valence-corrected chi connectivity index (χ4v) is 6.45. The number of hydrogen-bond donors (Lipinski definition) is 1. The maximum absolute atomic E-state index is 10.7. The summed E-state index contributed by atoms with van der Waals surface area (Å²) in [5.41, 5.74) is 0. The Morgan fingerprint density at radius 2 is 1.74 bits per heavy atom. The van der Waals surface area contributed by atoms with E-state index in [1.807, 2.05) is 0 Å². The fourth-order valence-electron chi connectivity index (χ4n) is 5.21. The summed E-state index contributed by atoms with van der Waals surface area (Å²) in [5.74, 6) is 7.29. The summed E-state index contributed by atoms with van der Waals surface area (Å²) in [6.07, 6.45) is 9.90. The van der Waals surface area contributed by atoms with Gasteiger partial charge < -0.3 is 19.0 Å². The summed E-state index contributed by atoms with van der Waals surface area (Å²) in [7, 11) is -1.89. The van der Waals surface area contributed by atoms with E-state index < -0.39 is 14.1 Å². The SMILES string of the molecule is CCCCCCCCC(C#CC1C(O)CC2C1CC21OCCO1)O[Si](C)(C)C(C)(C)C. The molecule has 1 N–H and O–H groups in total. The lowest BCUT2D eigenvalue weighted by molar-refractivity contribution is -0.270. The van der Waals surface area contributed by atoms with Crippen LogP contribution in [0.2, 0.25) is 18.1 Å². The molecule has 1 heterocycles. The van der Waals surface area contributed by atoms with E-state index in [1.165, 1.54) is 38.5 Å². The second kappa shape index (κ2) is 10.3. The van der Waals surface area contributed by atoms with Crippen LogP contribution in [0.15, 0.2) is 0 Å². The summed E-state index contributed by atoms with van der Waals surface area (Å²) in [4.78, 5) is 0. The van der Waals surface area contributed by atoms with Gasteiger partial charge in [0, 0.05) is 18.3 Å². The molecule has 3 aliphatic rings. The Balaban J connectivity index is 1.62. The summed E-state index contributed by atoms with van der Waals surface area (Å²) < 4.78 is 18.6. The first-order valence-electron chi connectivity index (χ1n) is 12.7. The third kappa shape index (κ3) is 5.76. The molecule has 3 fully saturated rings. The molecule has 0 aromatic carbocycles. The van der Waals surface area contributed by atoms with Crippen molar-refractivity contribution in [3.63, 3.8) is 0 Å². The van der Waals surface area contributed by atoms with Crippen molar-refractivity contribution < 1.29 is 19.0 Å². The van der Waals surface area contributed by atoms with E-state index in [4.69, 9.17) is 13.9 Å². The van der Waals surface area contributed by atoms with Gasteiger partial charge in [0.15, 0.2) is 14.1 Å². The standard InChI is InChI=1S/C26H46O4Si/c1-7-8-9-10-11-12-13-20(30-31(5,6)25(2,3)4)14-15-21-22-19-26(28-16-17-29-26)23(22)18-24(21)27/h20-24,27H,7-13,16-19H2,1-6H3. The molecular weight excluding hydrogens is 404 g/mol. The molecule has 0 bridgehead atoms. The van der Waals surface area contributed by atoms with Crippen molar-refractivity contribution in [2.75, 3.05) is 13.2 Å². The van der Waals surface area contributed by atoms with Crippen molar-refractivity contribution in [2.45, 2.75) is 122 Å². The van der Waals surface area contributed by atoms with Crippen LogP contribution >= 0.6 is 0 Å². The highest BCUT2D eigenvalue weighted by Gasteiger charge is 2.64. The molecular formula is C26H46O4Si. The van der Waals surface area contributed by atoms with Gasteiger partial charge in [0.2, 0.25) is 0 Å². The summed E-state index contributed by atoms with van der Waals surface area (Å²) in [6, 6.07) is 0. The zero-order chi connectivity index (χ0) is 22.7. The monoisotopic (exact) mass is 450 g/mol. The number of hydrogen-bond acceptors (Lipinski definition) is 4. The predicted molar refractivity (Wildman–Crippen MR) is 128 cm³/mol. The van der Waals surface area contributed by atoms with E-state index in [1.54, 1.807) is 0 Å². The van der Waals surface area contributed by atoms with Crippen molar-refractivity contribution in [1.82, 2.24) is 0 Å². The number of rotatable bonds is 9. The van der Waals surface area contributed by atoms with Crippen molar-refractivity contribution in [1.29, 1.82) is 0 Å². The highest BCUT2D eigenvalue weighted by atomic mass is 28.4. The lowest BCUT2D eigenvalue weighted by Crippen LogP contribution is -2.53. The maximum atomic E-state index is 10.7. The molecule has 4 nitrogen and oxygen atoms in total. The quantitative estimate of drug-likeness (QED) is 0.270. The largest absolute Gasteiger partial charge is 0.403 e. The average Bonchev–Trinajstić information content (AvgIpc) is 3.27. The van der Waals surface area contributed by atoms with E-state index in [0.717, 1.165) is 19.3 Å². The number of fused-ring (bicyclic) bond motifs is 2. The second-order valence-electron chi connectivity index (χ2n) is 11.5. The molecule has 178 valence electrons. The molecule has 5 heteroatoms. The minimum atomic E-state index is -1.89. The van der Waals surface area contributed by atoms with Gasteiger partial charge in [-0.2, -0.15) is 0 Å². The summed E-state index contributed by atoms with van der Waals surface area (Å²) in [5, 5.41) is 10.9. The Morgan fingerprint density at radius 3 is 2.39 bits per heavy atom. The van der Waals surface area contributed by atoms with Gasteiger partial charge >= 0.3 is 0 Å². The van der Waals surface area contributed by atoms with Gasteiger partial charge in [0.05, 0.1) is 19.3 Å². The van der Waals surface area contributed by atoms with Gasteiger partial charge in [-0.1, -0.05) is 71.6 Å².